The Morgan fingerprint density at radius 3 is 2.65 bits per heavy atom. The summed E-state index contributed by atoms with van der Waals surface area (Å²) in [5.74, 6) is -0.261. The molecule has 3 aromatic rings. The average molecular weight is 346 g/mol. The fourth-order valence-electron chi connectivity index (χ4n) is 2.73. The number of anilines is 1. The van der Waals surface area contributed by atoms with Gasteiger partial charge in [-0.05, 0) is 31.2 Å². The summed E-state index contributed by atoms with van der Waals surface area (Å²) in [7, 11) is 0. The van der Waals surface area contributed by atoms with Crippen LogP contribution in [0.4, 0.5) is 5.69 Å². The number of amides is 1. The monoisotopic (exact) mass is 346 g/mol. The molecule has 0 bridgehead atoms. The Bertz CT molecular complexity index is 1030. The van der Waals surface area contributed by atoms with Crippen molar-refractivity contribution in [3.05, 3.63) is 70.8 Å². The molecule has 0 aliphatic rings. The summed E-state index contributed by atoms with van der Waals surface area (Å²) in [6.07, 6.45) is 1.60. The maximum Gasteiger partial charge on any atom is 0.261 e. The van der Waals surface area contributed by atoms with Gasteiger partial charge in [0, 0.05) is 12.2 Å². The fraction of sp³-hybridized carbons (Fsp3) is 0.200. The van der Waals surface area contributed by atoms with Crippen molar-refractivity contribution in [2.24, 2.45) is 0 Å². The maximum atomic E-state index is 12.8. The van der Waals surface area contributed by atoms with Crippen molar-refractivity contribution in [3.8, 4) is 6.07 Å². The standard InChI is InChI=1S/C20H18N4O2/c1-15-7-9-16(10-8-15)24(12-4-11-21)19(25)13-23-14-22-18-6-3-2-5-17(18)20(23)26/h2-3,5-10,14H,4,12-13H2,1H3. The highest BCUT2D eigenvalue weighted by molar-refractivity contribution is 5.93. The number of hydrogen-bond donors (Lipinski definition) is 0. The third-order valence-electron chi connectivity index (χ3n) is 4.13. The molecule has 0 saturated heterocycles. The van der Waals surface area contributed by atoms with Gasteiger partial charge in [-0.2, -0.15) is 5.26 Å². The van der Waals surface area contributed by atoms with Gasteiger partial charge in [-0.1, -0.05) is 29.8 Å². The van der Waals surface area contributed by atoms with E-state index in [9.17, 15) is 9.59 Å². The second kappa shape index (κ2) is 7.62. The predicted octanol–water partition coefficient (Wildman–Crippen LogP) is 2.65. The van der Waals surface area contributed by atoms with Crippen LogP contribution in [-0.2, 0) is 11.3 Å². The summed E-state index contributed by atoms with van der Waals surface area (Å²) < 4.78 is 1.30. The zero-order valence-corrected chi connectivity index (χ0v) is 14.4. The number of rotatable bonds is 5. The maximum absolute atomic E-state index is 12.8. The van der Waals surface area contributed by atoms with Crippen molar-refractivity contribution >= 4 is 22.5 Å². The molecule has 0 spiro atoms. The number of hydrogen-bond acceptors (Lipinski definition) is 4. The van der Waals surface area contributed by atoms with Crippen LogP contribution < -0.4 is 10.5 Å². The van der Waals surface area contributed by atoms with E-state index in [1.54, 1.807) is 18.2 Å². The lowest BCUT2D eigenvalue weighted by Crippen LogP contribution is -2.37. The van der Waals surface area contributed by atoms with E-state index in [-0.39, 0.29) is 31.0 Å². The summed E-state index contributed by atoms with van der Waals surface area (Å²) >= 11 is 0. The van der Waals surface area contributed by atoms with Crippen LogP contribution in [0.1, 0.15) is 12.0 Å². The lowest BCUT2D eigenvalue weighted by molar-refractivity contribution is -0.119. The topological polar surface area (TPSA) is 79.0 Å². The van der Waals surface area contributed by atoms with Crippen LogP contribution in [-0.4, -0.2) is 22.0 Å². The number of aromatic nitrogens is 2. The average Bonchev–Trinajstić information content (AvgIpc) is 2.66. The van der Waals surface area contributed by atoms with E-state index >= 15 is 0 Å². The lowest BCUT2D eigenvalue weighted by Gasteiger charge is -2.22. The van der Waals surface area contributed by atoms with E-state index in [4.69, 9.17) is 5.26 Å². The van der Waals surface area contributed by atoms with Crippen LogP contribution in [0, 0.1) is 18.3 Å². The number of carbonyl (C=O) groups is 1. The molecule has 0 unspecified atom stereocenters. The first kappa shape index (κ1) is 17.4. The molecule has 6 heteroatoms. The molecule has 0 atom stereocenters. The van der Waals surface area contributed by atoms with E-state index in [0.717, 1.165) is 5.56 Å². The zero-order chi connectivity index (χ0) is 18.5. The SMILES string of the molecule is Cc1ccc(N(CCC#N)C(=O)Cn2cnc3ccccc3c2=O)cc1. The van der Waals surface area contributed by atoms with Crippen molar-refractivity contribution in [1.82, 2.24) is 9.55 Å². The van der Waals surface area contributed by atoms with Gasteiger partial charge in [0.2, 0.25) is 5.91 Å². The van der Waals surface area contributed by atoms with Crippen LogP contribution in [0.15, 0.2) is 59.7 Å². The first-order valence-electron chi connectivity index (χ1n) is 8.28. The summed E-state index contributed by atoms with van der Waals surface area (Å²) in [4.78, 5) is 31.2. The molecular weight excluding hydrogens is 328 g/mol. The first-order valence-corrected chi connectivity index (χ1v) is 8.28. The Morgan fingerprint density at radius 1 is 1.19 bits per heavy atom. The summed E-state index contributed by atoms with van der Waals surface area (Å²) in [6.45, 7) is 2.11. The van der Waals surface area contributed by atoms with E-state index in [2.05, 4.69) is 11.1 Å². The van der Waals surface area contributed by atoms with Crippen molar-refractivity contribution < 1.29 is 4.79 Å². The highest BCUT2D eigenvalue weighted by Crippen LogP contribution is 2.16. The number of nitriles is 1. The zero-order valence-electron chi connectivity index (χ0n) is 14.4. The minimum absolute atomic E-state index is 0.129. The molecule has 1 aromatic heterocycles. The third-order valence-corrected chi connectivity index (χ3v) is 4.13. The van der Waals surface area contributed by atoms with Crippen LogP contribution in [0.3, 0.4) is 0 Å². The summed E-state index contributed by atoms with van der Waals surface area (Å²) in [5, 5.41) is 9.36. The Kier molecular flexibility index (Phi) is 5.09. The molecule has 2 aromatic carbocycles. The molecule has 0 radical (unpaired) electrons. The molecule has 0 fully saturated rings. The van der Waals surface area contributed by atoms with E-state index in [1.807, 2.05) is 37.3 Å². The quantitative estimate of drug-likeness (QED) is 0.711. The third kappa shape index (κ3) is 3.62. The van der Waals surface area contributed by atoms with Crippen LogP contribution in [0.25, 0.3) is 10.9 Å². The van der Waals surface area contributed by atoms with Gasteiger partial charge in [-0.3, -0.25) is 14.2 Å². The Labute approximate surface area is 150 Å². The molecule has 6 nitrogen and oxygen atoms in total. The molecule has 1 heterocycles. The van der Waals surface area contributed by atoms with Crippen molar-refractivity contribution in [1.29, 1.82) is 5.26 Å². The number of nitrogens with zero attached hydrogens (tertiary/aromatic N) is 4. The van der Waals surface area contributed by atoms with Crippen LogP contribution in [0.2, 0.25) is 0 Å². The Hall–Kier alpha value is -3.46. The molecule has 0 aliphatic heterocycles. The highest BCUT2D eigenvalue weighted by Gasteiger charge is 2.17. The van der Waals surface area contributed by atoms with Gasteiger partial charge in [-0.15, -0.1) is 0 Å². The van der Waals surface area contributed by atoms with E-state index in [1.165, 1.54) is 15.8 Å². The molecular formula is C20H18N4O2. The van der Waals surface area contributed by atoms with Crippen molar-refractivity contribution in [2.75, 3.05) is 11.4 Å². The van der Waals surface area contributed by atoms with E-state index < -0.39 is 0 Å². The number of fused-ring (bicyclic) bond motifs is 1. The van der Waals surface area contributed by atoms with Gasteiger partial charge in [0.25, 0.3) is 5.56 Å². The molecule has 0 aliphatic carbocycles. The second-order valence-corrected chi connectivity index (χ2v) is 5.98. The van der Waals surface area contributed by atoms with Gasteiger partial charge in [0.1, 0.15) is 6.54 Å². The molecule has 0 N–H and O–H groups in total. The van der Waals surface area contributed by atoms with Crippen molar-refractivity contribution in [2.45, 2.75) is 19.9 Å². The molecule has 26 heavy (non-hydrogen) atoms. The van der Waals surface area contributed by atoms with Gasteiger partial charge >= 0.3 is 0 Å². The Balaban J connectivity index is 1.90. The molecule has 130 valence electrons. The smallest absolute Gasteiger partial charge is 0.261 e. The summed E-state index contributed by atoms with van der Waals surface area (Å²) in [5.41, 5.74) is 2.13. The molecule has 3 rings (SSSR count). The number of para-hydroxylation sites is 1. The Morgan fingerprint density at radius 2 is 1.92 bits per heavy atom. The van der Waals surface area contributed by atoms with Gasteiger partial charge in [0.05, 0.1) is 29.7 Å². The normalized spacial score (nSPS) is 10.5. The summed E-state index contributed by atoms with van der Waals surface area (Å²) in [6, 6.07) is 16.6. The highest BCUT2D eigenvalue weighted by atomic mass is 16.2. The molecule has 1 amide bonds. The first-order chi connectivity index (χ1) is 12.6. The van der Waals surface area contributed by atoms with Gasteiger partial charge in [0.15, 0.2) is 0 Å². The minimum atomic E-state index is -0.261. The lowest BCUT2D eigenvalue weighted by atomic mass is 10.2. The minimum Gasteiger partial charge on any atom is -0.310 e. The van der Waals surface area contributed by atoms with Crippen LogP contribution >= 0.6 is 0 Å². The van der Waals surface area contributed by atoms with Crippen molar-refractivity contribution in [3.63, 3.8) is 0 Å². The fourth-order valence-corrected chi connectivity index (χ4v) is 2.73. The second-order valence-electron chi connectivity index (χ2n) is 5.98. The largest absolute Gasteiger partial charge is 0.310 e. The van der Waals surface area contributed by atoms with Crippen LogP contribution in [0.5, 0.6) is 0 Å². The van der Waals surface area contributed by atoms with Gasteiger partial charge in [-0.25, -0.2) is 4.98 Å². The number of carbonyl (C=O) groups excluding carboxylic acids is 1. The predicted molar refractivity (Wildman–Crippen MR) is 99.8 cm³/mol. The number of benzene rings is 2. The van der Waals surface area contributed by atoms with E-state index in [0.29, 0.717) is 16.6 Å². The molecule has 0 saturated carbocycles. The van der Waals surface area contributed by atoms with Gasteiger partial charge < -0.3 is 4.90 Å². The number of aryl methyl sites for hydroxylation is 1.